The number of rotatable bonds is 10. The van der Waals surface area contributed by atoms with Gasteiger partial charge in [-0.05, 0) is 47.0 Å². The van der Waals surface area contributed by atoms with E-state index in [-0.39, 0.29) is 29.4 Å². The Balaban J connectivity index is 1.52. The zero-order valence-electron chi connectivity index (χ0n) is 22.5. The quantitative estimate of drug-likeness (QED) is 0.0948. The van der Waals surface area contributed by atoms with Crippen LogP contribution in [0.4, 0.5) is 5.69 Å². The van der Waals surface area contributed by atoms with E-state index in [0.717, 1.165) is 33.7 Å². The van der Waals surface area contributed by atoms with Crippen molar-refractivity contribution in [3.05, 3.63) is 115 Å². The minimum absolute atomic E-state index is 0.0145. The van der Waals surface area contributed by atoms with Crippen molar-refractivity contribution in [2.45, 2.75) is 32.8 Å². The van der Waals surface area contributed by atoms with Crippen LogP contribution < -0.4 is 15.0 Å². The first-order valence-electron chi connectivity index (χ1n) is 13.1. The molecule has 5 rings (SSSR count). The SMILES string of the molecule is CCCCc1nc2ccc(Br)cc2c(=O)n1N=Cc1cc(OC)c(OCc2cccc3ccccc23)c([N+](=O)[O-])c1. The number of aromatic nitrogens is 2. The third-order valence-corrected chi connectivity index (χ3v) is 7.17. The molecule has 1 aromatic heterocycles. The van der Waals surface area contributed by atoms with E-state index in [2.05, 4.69) is 32.9 Å². The number of benzene rings is 4. The van der Waals surface area contributed by atoms with E-state index in [1.54, 1.807) is 18.2 Å². The van der Waals surface area contributed by atoms with Crippen molar-refractivity contribution in [1.82, 2.24) is 9.66 Å². The molecule has 0 saturated heterocycles. The van der Waals surface area contributed by atoms with Crippen molar-refractivity contribution in [3.63, 3.8) is 0 Å². The number of hydrogen-bond donors (Lipinski definition) is 0. The molecule has 1 heterocycles. The largest absolute Gasteiger partial charge is 0.493 e. The number of unbranched alkanes of at least 4 members (excludes halogenated alkanes) is 1. The minimum atomic E-state index is -0.522. The smallest absolute Gasteiger partial charge is 0.315 e. The first kappa shape index (κ1) is 28.0. The van der Waals surface area contributed by atoms with Gasteiger partial charge in [0.2, 0.25) is 5.75 Å². The van der Waals surface area contributed by atoms with Gasteiger partial charge >= 0.3 is 5.69 Å². The fourth-order valence-corrected chi connectivity index (χ4v) is 4.98. The van der Waals surface area contributed by atoms with E-state index >= 15 is 0 Å². The highest BCUT2D eigenvalue weighted by Crippen LogP contribution is 2.39. The van der Waals surface area contributed by atoms with Crippen LogP contribution in [0.5, 0.6) is 11.5 Å². The number of ether oxygens (including phenoxy) is 2. The first-order valence-corrected chi connectivity index (χ1v) is 13.9. The molecule has 0 radical (unpaired) electrons. The highest BCUT2D eigenvalue weighted by molar-refractivity contribution is 9.10. The molecule has 208 valence electrons. The van der Waals surface area contributed by atoms with Gasteiger partial charge in [0.25, 0.3) is 5.56 Å². The Hall–Kier alpha value is -4.57. The molecule has 0 aliphatic carbocycles. The third kappa shape index (κ3) is 5.97. The van der Waals surface area contributed by atoms with Gasteiger partial charge in [-0.2, -0.15) is 9.78 Å². The predicted octanol–water partition coefficient (Wildman–Crippen LogP) is 7.03. The van der Waals surface area contributed by atoms with Crippen molar-refractivity contribution in [2.24, 2.45) is 5.10 Å². The van der Waals surface area contributed by atoms with Crippen molar-refractivity contribution < 1.29 is 14.4 Å². The Kier molecular flexibility index (Phi) is 8.39. The molecule has 0 fully saturated rings. The van der Waals surface area contributed by atoms with Gasteiger partial charge in [0.15, 0.2) is 5.75 Å². The number of nitrogens with zero attached hydrogens (tertiary/aromatic N) is 4. The van der Waals surface area contributed by atoms with Gasteiger partial charge in [-0.3, -0.25) is 14.9 Å². The molecule has 0 spiro atoms. The average molecular weight is 615 g/mol. The van der Waals surface area contributed by atoms with Crippen LogP contribution in [0, 0.1) is 10.1 Å². The number of methoxy groups -OCH3 is 1. The molecule has 0 N–H and O–H groups in total. The number of aryl methyl sites for hydroxylation is 1. The Morgan fingerprint density at radius 1 is 1.07 bits per heavy atom. The summed E-state index contributed by atoms with van der Waals surface area (Å²) in [5.74, 6) is 0.708. The molecule has 0 amide bonds. The van der Waals surface area contributed by atoms with E-state index < -0.39 is 4.92 Å². The fraction of sp³-hybridized carbons (Fsp3) is 0.194. The summed E-state index contributed by atoms with van der Waals surface area (Å²) in [6, 6.07) is 22.0. The average Bonchev–Trinajstić information content (AvgIpc) is 2.98. The second-order valence-corrected chi connectivity index (χ2v) is 10.3. The molecule has 5 aromatic rings. The molecule has 0 aliphatic rings. The van der Waals surface area contributed by atoms with Crippen molar-refractivity contribution in [1.29, 1.82) is 0 Å². The van der Waals surface area contributed by atoms with E-state index in [9.17, 15) is 14.9 Å². The van der Waals surface area contributed by atoms with Crippen LogP contribution in [0.25, 0.3) is 21.7 Å². The lowest BCUT2D eigenvalue weighted by Gasteiger charge is -2.13. The monoisotopic (exact) mass is 614 g/mol. The van der Waals surface area contributed by atoms with Crippen molar-refractivity contribution >= 4 is 49.5 Å². The van der Waals surface area contributed by atoms with Gasteiger partial charge in [-0.1, -0.05) is 71.7 Å². The Bertz CT molecular complexity index is 1850. The third-order valence-electron chi connectivity index (χ3n) is 6.68. The van der Waals surface area contributed by atoms with Crippen LogP contribution in [0.3, 0.4) is 0 Å². The summed E-state index contributed by atoms with van der Waals surface area (Å²) < 4.78 is 13.5. The number of fused-ring (bicyclic) bond motifs is 2. The molecule has 0 unspecified atom stereocenters. The Morgan fingerprint density at radius 3 is 2.66 bits per heavy atom. The Labute approximate surface area is 244 Å². The first-order chi connectivity index (χ1) is 19.9. The number of halogens is 1. The molecule has 41 heavy (non-hydrogen) atoms. The van der Waals surface area contributed by atoms with Gasteiger partial charge in [0, 0.05) is 22.5 Å². The van der Waals surface area contributed by atoms with Crippen LogP contribution in [0.2, 0.25) is 0 Å². The lowest BCUT2D eigenvalue weighted by atomic mass is 10.1. The highest BCUT2D eigenvalue weighted by Gasteiger charge is 2.23. The fourth-order valence-electron chi connectivity index (χ4n) is 4.62. The summed E-state index contributed by atoms with van der Waals surface area (Å²) in [6.45, 7) is 2.17. The van der Waals surface area contributed by atoms with Gasteiger partial charge in [-0.15, -0.1) is 0 Å². The normalized spacial score (nSPS) is 11.4. The van der Waals surface area contributed by atoms with E-state index in [1.165, 1.54) is 24.1 Å². The van der Waals surface area contributed by atoms with Crippen molar-refractivity contribution in [3.8, 4) is 11.5 Å². The van der Waals surface area contributed by atoms with Crippen LogP contribution in [-0.4, -0.2) is 27.9 Å². The van der Waals surface area contributed by atoms with E-state index in [1.807, 2.05) is 48.5 Å². The van der Waals surface area contributed by atoms with E-state index in [0.29, 0.717) is 28.7 Å². The molecule has 0 saturated carbocycles. The summed E-state index contributed by atoms with van der Waals surface area (Å²) in [5, 5.41) is 19.0. The predicted molar refractivity (Wildman–Crippen MR) is 163 cm³/mol. The Morgan fingerprint density at radius 2 is 1.88 bits per heavy atom. The molecule has 0 aliphatic heterocycles. The highest BCUT2D eigenvalue weighted by atomic mass is 79.9. The summed E-state index contributed by atoms with van der Waals surface area (Å²) in [6.07, 6.45) is 3.69. The summed E-state index contributed by atoms with van der Waals surface area (Å²) in [4.78, 5) is 29.6. The lowest BCUT2D eigenvalue weighted by molar-refractivity contribution is -0.386. The molecule has 0 atom stereocenters. The molecular formula is C31H27BrN4O5. The topological polar surface area (TPSA) is 109 Å². The van der Waals surface area contributed by atoms with Gasteiger partial charge in [0.05, 0.1) is 29.2 Å². The number of hydrogen-bond acceptors (Lipinski definition) is 7. The van der Waals surface area contributed by atoms with Gasteiger partial charge in [-0.25, -0.2) is 4.98 Å². The molecule has 10 heteroatoms. The summed E-state index contributed by atoms with van der Waals surface area (Å²) >= 11 is 3.41. The zero-order chi connectivity index (χ0) is 28.9. The summed E-state index contributed by atoms with van der Waals surface area (Å²) in [5.41, 5.74) is 1.24. The number of nitro groups is 1. The molecule has 4 aromatic carbocycles. The standard InChI is InChI=1S/C31H27BrN4O5/c1-3-4-12-29-34-26-14-13-23(32)17-25(26)31(37)35(29)33-18-20-15-27(36(38)39)30(28(16-20)40-2)41-19-22-10-7-9-21-8-5-6-11-24(21)22/h5-11,13-18H,3-4,12,19H2,1-2H3. The van der Waals surface area contributed by atoms with Crippen LogP contribution in [0.15, 0.2) is 87.2 Å². The lowest BCUT2D eigenvalue weighted by Crippen LogP contribution is -2.22. The van der Waals surface area contributed by atoms with Crippen molar-refractivity contribution in [2.75, 3.05) is 7.11 Å². The van der Waals surface area contributed by atoms with Gasteiger partial charge < -0.3 is 9.47 Å². The van der Waals surface area contributed by atoms with Crippen LogP contribution >= 0.6 is 15.9 Å². The molecular weight excluding hydrogens is 588 g/mol. The maximum Gasteiger partial charge on any atom is 0.315 e. The summed E-state index contributed by atoms with van der Waals surface area (Å²) in [7, 11) is 1.42. The van der Waals surface area contributed by atoms with Crippen LogP contribution in [-0.2, 0) is 13.0 Å². The maximum atomic E-state index is 13.4. The van der Waals surface area contributed by atoms with Gasteiger partial charge in [0.1, 0.15) is 12.4 Å². The zero-order valence-corrected chi connectivity index (χ0v) is 24.1. The maximum absolute atomic E-state index is 13.4. The second kappa shape index (κ2) is 12.3. The molecule has 0 bridgehead atoms. The van der Waals surface area contributed by atoms with Crippen LogP contribution in [0.1, 0.15) is 36.7 Å². The second-order valence-electron chi connectivity index (χ2n) is 9.41. The number of nitro benzene ring substituents is 1. The molecule has 9 nitrogen and oxygen atoms in total. The minimum Gasteiger partial charge on any atom is -0.493 e. The van der Waals surface area contributed by atoms with E-state index in [4.69, 9.17) is 9.47 Å².